The molecule has 1 unspecified atom stereocenters. The van der Waals surface area contributed by atoms with Gasteiger partial charge < -0.3 is 10.6 Å². The van der Waals surface area contributed by atoms with Crippen LogP contribution in [0.15, 0.2) is 59.3 Å². The van der Waals surface area contributed by atoms with Crippen LogP contribution in [0.4, 0.5) is 48.4 Å². The summed E-state index contributed by atoms with van der Waals surface area (Å²) in [5, 5.41) is 10.7. The maximum absolute atomic E-state index is 13.5. The molecule has 3 N–H and O–H groups in total. The van der Waals surface area contributed by atoms with E-state index in [-0.39, 0.29) is 30.2 Å². The highest BCUT2D eigenvalue weighted by atomic mass is 19.4. The van der Waals surface area contributed by atoms with Crippen molar-refractivity contribution in [2.24, 2.45) is 0 Å². The minimum Gasteiger partial charge on any atom is -0.326 e. The third-order valence-corrected chi connectivity index (χ3v) is 6.29. The first-order chi connectivity index (χ1) is 19.3. The van der Waals surface area contributed by atoms with Gasteiger partial charge in [0.2, 0.25) is 11.2 Å². The van der Waals surface area contributed by atoms with Crippen LogP contribution >= 0.6 is 0 Å². The predicted octanol–water partition coefficient (Wildman–Crippen LogP) is 5.22. The Morgan fingerprint density at radius 1 is 0.976 bits per heavy atom. The molecule has 3 aromatic rings. The molecule has 15 heteroatoms. The van der Waals surface area contributed by atoms with Crippen molar-refractivity contribution in [1.82, 2.24) is 10.2 Å². The van der Waals surface area contributed by atoms with E-state index >= 15 is 0 Å². The molecule has 9 nitrogen and oxygen atoms in total. The lowest BCUT2D eigenvalue weighted by molar-refractivity contribution is -0.766. The van der Waals surface area contributed by atoms with Gasteiger partial charge in [-0.2, -0.15) is 26.3 Å². The zero-order chi connectivity index (χ0) is 29.6. The number of carbonyl (C=O) groups excluding carboxylic acids is 2. The molecule has 1 saturated heterocycles. The molecular formula is C26H27F6N6O3+. The highest BCUT2D eigenvalue weighted by molar-refractivity contribution is 6.00. The van der Waals surface area contributed by atoms with E-state index in [9.17, 15) is 35.9 Å². The van der Waals surface area contributed by atoms with Crippen molar-refractivity contribution >= 4 is 29.2 Å². The molecule has 0 bridgehead atoms. The fraction of sp³-hybridized carbons (Fsp3) is 0.385. The molecule has 2 heterocycles. The Hall–Kier alpha value is -4.14. The molecule has 1 atom stereocenters. The number of piperidine rings is 1. The number of halogens is 6. The minimum absolute atomic E-state index is 0.0688. The lowest BCUT2D eigenvalue weighted by Crippen LogP contribution is -2.52. The van der Waals surface area contributed by atoms with Crippen molar-refractivity contribution < 1.29 is 45.1 Å². The number of alkyl halides is 6. The third kappa shape index (κ3) is 9.20. The van der Waals surface area contributed by atoms with Crippen molar-refractivity contribution in [1.29, 1.82) is 0 Å². The SMILES string of the molecule is O=C(Cc1ccccc1)Nc1cc(NC(=O)Nc2c[n+](CC3CCCCN3CC(F)(F)F)no2)cc(C(F)(F)F)c1. The number of rotatable bonds is 8. The normalized spacial score (nSPS) is 16.3. The van der Waals surface area contributed by atoms with Crippen molar-refractivity contribution in [2.45, 2.75) is 50.6 Å². The number of benzene rings is 2. The van der Waals surface area contributed by atoms with Gasteiger partial charge in [0, 0.05) is 11.4 Å². The molecular weight excluding hydrogens is 558 g/mol. The summed E-state index contributed by atoms with van der Waals surface area (Å²) in [6.07, 6.45) is -5.97. The summed E-state index contributed by atoms with van der Waals surface area (Å²) in [5.41, 5.74) is -0.872. The van der Waals surface area contributed by atoms with E-state index in [1.54, 1.807) is 30.3 Å². The molecule has 1 aliphatic rings. The number of nitrogens with zero attached hydrogens (tertiary/aromatic N) is 3. The Balaban J connectivity index is 1.39. The molecule has 2 aromatic carbocycles. The first kappa shape index (κ1) is 29.8. The molecule has 0 spiro atoms. The van der Waals surface area contributed by atoms with Crippen molar-refractivity contribution in [3.05, 3.63) is 65.9 Å². The number of urea groups is 1. The number of nitrogens with one attached hydrogen (secondary N) is 3. The predicted molar refractivity (Wildman–Crippen MR) is 135 cm³/mol. The number of hydrogen-bond donors (Lipinski definition) is 3. The molecule has 0 aliphatic carbocycles. The van der Waals surface area contributed by atoms with E-state index < -0.39 is 42.4 Å². The monoisotopic (exact) mass is 585 g/mol. The second kappa shape index (κ2) is 12.6. The Morgan fingerprint density at radius 3 is 2.37 bits per heavy atom. The van der Waals surface area contributed by atoms with E-state index in [0.717, 1.165) is 18.6 Å². The van der Waals surface area contributed by atoms with E-state index in [1.807, 2.05) is 0 Å². The van der Waals surface area contributed by atoms with Gasteiger partial charge in [-0.3, -0.25) is 19.5 Å². The number of anilines is 3. The van der Waals surface area contributed by atoms with Crippen molar-refractivity contribution in [3.63, 3.8) is 0 Å². The van der Waals surface area contributed by atoms with Crippen LogP contribution in [0.25, 0.3) is 0 Å². The van der Waals surface area contributed by atoms with Crippen molar-refractivity contribution in [3.8, 4) is 0 Å². The molecule has 0 radical (unpaired) electrons. The molecule has 220 valence electrons. The van der Waals surface area contributed by atoms with E-state index in [4.69, 9.17) is 4.52 Å². The summed E-state index contributed by atoms with van der Waals surface area (Å²) in [5.74, 6) is -0.729. The highest BCUT2D eigenvalue weighted by Gasteiger charge is 2.37. The topological polar surface area (TPSA) is 103 Å². The fourth-order valence-electron chi connectivity index (χ4n) is 4.54. The molecule has 4 rings (SSSR count). The largest absolute Gasteiger partial charge is 0.416 e. The first-order valence-electron chi connectivity index (χ1n) is 12.7. The maximum atomic E-state index is 13.5. The number of carbonyl (C=O) groups is 2. The Labute approximate surface area is 230 Å². The molecule has 1 fully saturated rings. The van der Waals surface area contributed by atoms with Crippen LogP contribution in [0, 0.1) is 0 Å². The van der Waals surface area contributed by atoms with Gasteiger partial charge in [-0.1, -0.05) is 36.8 Å². The molecule has 0 saturated carbocycles. The smallest absolute Gasteiger partial charge is 0.326 e. The van der Waals surface area contributed by atoms with E-state index in [1.165, 1.54) is 15.8 Å². The second-order valence-electron chi connectivity index (χ2n) is 9.61. The maximum Gasteiger partial charge on any atom is 0.416 e. The zero-order valence-corrected chi connectivity index (χ0v) is 21.6. The van der Waals surface area contributed by atoms with Gasteiger partial charge in [-0.25, -0.2) is 4.79 Å². The zero-order valence-electron chi connectivity index (χ0n) is 21.6. The Bertz CT molecular complexity index is 1350. The lowest BCUT2D eigenvalue weighted by atomic mass is 10.0. The summed E-state index contributed by atoms with van der Waals surface area (Å²) in [6, 6.07) is 9.81. The van der Waals surface area contributed by atoms with Crippen LogP contribution in [0.3, 0.4) is 0 Å². The van der Waals surface area contributed by atoms with E-state index in [2.05, 4.69) is 21.2 Å². The van der Waals surface area contributed by atoms with Gasteiger partial charge in [0.1, 0.15) is 0 Å². The quantitative estimate of drug-likeness (QED) is 0.249. The Morgan fingerprint density at radius 2 is 1.68 bits per heavy atom. The molecule has 1 aromatic heterocycles. The number of aromatic nitrogens is 2. The van der Waals surface area contributed by atoms with Gasteiger partial charge in [-0.15, -0.1) is 0 Å². The minimum atomic E-state index is -4.76. The molecule has 41 heavy (non-hydrogen) atoms. The Kier molecular flexibility index (Phi) is 9.15. The average molecular weight is 586 g/mol. The van der Waals surface area contributed by atoms with Crippen LogP contribution in [-0.2, 0) is 23.9 Å². The summed E-state index contributed by atoms with van der Waals surface area (Å²) in [7, 11) is 0. The van der Waals surface area contributed by atoms with E-state index in [0.29, 0.717) is 31.0 Å². The van der Waals surface area contributed by atoms with Gasteiger partial charge in [-0.05, 0) is 47.8 Å². The highest BCUT2D eigenvalue weighted by Crippen LogP contribution is 2.33. The number of hydrogen-bond acceptors (Lipinski definition) is 5. The number of likely N-dealkylation sites (tertiary alicyclic amines) is 1. The first-order valence-corrected chi connectivity index (χ1v) is 12.7. The van der Waals surface area contributed by atoms with Crippen LogP contribution in [0.2, 0.25) is 0 Å². The molecule has 1 aliphatic heterocycles. The van der Waals surface area contributed by atoms with Gasteiger partial charge in [0.25, 0.3) is 6.20 Å². The fourth-order valence-corrected chi connectivity index (χ4v) is 4.54. The van der Waals surface area contributed by atoms with Crippen LogP contribution in [-0.4, -0.2) is 47.4 Å². The second-order valence-corrected chi connectivity index (χ2v) is 9.61. The van der Waals surface area contributed by atoms with Crippen molar-refractivity contribution in [2.75, 3.05) is 29.0 Å². The summed E-state index contributed by atoms with van der Waals surface area (Å²) >= 11 is 0. The van der Waals surface area contributed by atoms with Crippen LogP contribution in [0.1, 0.15) is 30.4 Å². The third-order valence-electron chi connectivity index (χ3n) is 6.29. The summed E-state index contributed by atoms with van der Waals surface area (Å²) in [4.78, 5) is 26.2. The van der Waals surface area contributed by atoms with Gasteiger partial charge >= 0.3 is 24.3 Å². The van der Waals surface area contributed by atoms with Gasteiger partial charge in [0.05, 0.1) is 24.6 Å². The summed E-state index contributed by atoms with van der Waals surface area (Å²) < 4.78 is 85.5. The van der Waals surface area contributed by atoms with Gasteiger partial charge in [0.15, 0.2) is 6.54 Å². The number of amides is 3. The summed E-state index contributed by atoms with van der Waals surface area (Å²) in [6.45, 7) is -0.667. The standard InChI is InChI=1S/C26H26F6N6O3/c27-25(28,29)16-37-9-5-4-8-21(37)14-38-15-23(41-36-38)35-24(40)34-20-12-18(26(30,31)32)11-19(13-20)33-22(39)10-17-6-2-1-3-7-17/h1-3,6-7,11-13,15,21H,4-5,8-10,14,16H2,(H2-,33,34,35,36,39,40)/p+1. The average Bonchev–Trinajstić information content (AvgIpc) is 3.30. The van der Waals surface area contributed by atoms with Crippen LogP contribution < -0.4 is 20.6 Å². The van der Waals surface area contributed by atoms with Crippen LogP contribution in [0.5, 0.6) is 0 Å². The lowest BCUT2D eigenvalue weighted by Gasteiger charge is -2.33. The molecule has 3 amide bonds.